The summed E-state index contributed by atoms with van der Waals surface area (Å²) < 4.78 is 27.8. The molecule has 2 aromatic rings. The lowest BCUT2D eigenvalue weighted by atomic mass is 10.2. The van der Waals surface area contributed by atoms with Crippen LogP contribution in [0, 0.1) is 11.6 Å². The quantitative estimate of drug-likeness (QED) is 0.905. The molecular weight excluding hydrogens is 328 g/mol. The number of benzene rings is 2. The minimum absolute atomic E-state index is 0.497. The fourth-order valence-corrected chi connectivity index (χ4v) is 2.28. The third-order valence-corrected chi connectivity index (χ3v) is 3.56. The van der Waals surface area contributed by atoms with Gasteiger partial charge in [-0.15, -0.1) is 0 Å². The van der Waals surface area contributed by atoms with Crippen LogP contribution in [0.4, 0.5) is 25.8 Å². The number of hydrogen-bond donors (Lipinski definition) is 1. The van der Waals surface area contributed by atoms with E-state index in [2.05, 4.69) is 5.32 Å². The van der Waals surface area contributed by atoms with Crippen LogP contribution in [0.1, 0.15) is 6.92 Å². The van der Waals surface area contributed by atoms with Crippen molar-refractivity contribution in [2.24, 2.45) is 0 Å². The second-order valence-electron chi connectivity index (χ2n) is 5.66. The van der Waals surface area contributed by atoms with E-state index in [1.165, 1.54) is 6.07 Å². The maximum absolute atomic E-state index is 13.9. The molecule has 0 aliphatic rings. The van der Waals surface area contributed by atoms with Gasteiger partial charge in [-0.05, 0) is 36.4 Å². The molecule has 0 unspecified atom stereocenters. The Bertz CT molecular complexity index is 756. The van der Waals surface area contributed by atoms with Crippen LogP contribution in [0.3, 0.4) is 0 Å². The van der Waals surface area contributed by atoms with Crippen molar-refractivity contribution in [2.45, 2.75) is 6.92 Å². The summed E-state index contributed by atoms with van der Waals surface area (Å²) in [7, 11) is 3.78. The highest BCUT2D eigenvalue weighted by molar-refractivity contribution is 6.02. The molecule has 0 fully saturated rings. The summed E-state index contributed by atoms with van der Waals surface area (Å²) in [6, 6.07) is 10.3. The maximum atomic E-state index is 13.9. The highest BCUT2D eigenvalue weighted by atomic mass is 19.1. The van der Waals surface area contributed by atoms with Crippen molar-refractivity contribution in [1.29, 1.82) is 0 Å². The molecule has 7 heteroatoms. The highest BCUT2D eigenvalue weighted by Gasteiger charge is 2.22. The highest BCUT2D eigenvalue weighted by Crippen LogP contribution is 2.23. The number of nitrogens with one attached hydrogen (secondary N) is 1. The van der Waals surface area contributed by atoms with Gasteiger partial charge in [-0.2, -0.15) is 0 Å². The Morgan fingerprint density at radius 3 is 2.04 bits per heavy atom. The lowest BCUT2D eigenvalue weighted by Crippen LogP contribution is -2.37. The number of amides is 2. The van der Waals surface area contributed by atoms with Gasteiger partial charge in [0.1, 0.15) is 23.9 Å². The van der Waals surface area contributed by atoms with E-state index in [1.54, 1.807) is 12.1 Å². The van der Waals surface area contributed by atoms with Gasteiger partial charge < -0.3 is 10.2 Å². The summed E-state index contributed by atoms with van der Waals surface area (Å²) in [5.41, 5.74) is 0.943. The summed E-state index contributed by atoms with van der Waals surface area (Å²) in [5, 5.41) is 2.61. The van der Waals surface area contributed by atoms with Gasteiger partial charge in [0.15, 0.2) is 0 Å². The van der Waals surface area contributed by atoms with Crippen molar-refractivity contribution in [3.8, 4) is 0 Å². The maximum Gasteiger partial charge on any atom is 0.244 e. The minimum atomic E-state index is -0.904. The second kappa shape index (κ2) is 7.74. The van der Waals surface area contributed by atoms with Crippen LogP contribution in [0.25, 0.3) is 0 Å². The molecule has 132 valence electrons. The summed E-state index contributed by atoms with van der Waals surface area (Å²) in [6.07, 6.45) is 0. The summed E-state index contributed by atoms with van der Waals surface area (Å²) in [5.74, 6) is -3.01. The van der Waals surface area contributed by atoms with Crippen LogP contribution in [0.2, 0.25) is 0 Å². The number of hydrogen-bond acceptors (Lipinski definition) is 3. The van der Waals surface area contributed by atoms with E-state index >= 15 is 0 Å². The molecule has 0 bridgehead atoms. The van der Waals surface area contributed by atoms with E-state index in [4.69, 9.17) is 0 Å². The minimum Gasteiger partial charge on any atom is -0.378 e. The lowest BCUT2D eigenvalue weighted by molar-refractivity contribution is -0.120. The van der Waals surface area contributed by atoms with Gasteiger partial charge in [0.2, 0.25) is 11.8 Å². The molecule has 0 aromatic heterocycles. The molecule has 25 heavy (non-hydrogen) atoms. The molecule has 0 aliphatic heterocycles. The van der Waals surface area contributed by atoms with Gasteiger partial charge in [0.05, 0.1) is 0 Å². The molecule has 0 atom stereocenters. The van der Waals surface area contributed by atoms with Gasteiger partial charge in [0.25, 0.3) is 0 Å². The van der Waals surface area contributed by atoms with Crippen LogP contribution < -0.4 is 15.1 Å². The predicted octanol–water partition coefficient (Wildman–Crippen LogP) is 3.02. The summed E-state index contributed by atoms with van der Waals surface area (Å²) in [6.45, 7) is 0.646. The first-order chi connectivity index (χ1) is 11.8. The fraction of sp³-hybridized carbons (Fsp3) is 0.222. The van der Waals surface area contributed by atoms with Crippen LogP contribution in [0.5, 0.6) is 0 Å². The summed E-state index contributed by atoms with van der Waals surface area (Å²) in [4.78, 5) is 26.6. The number of para-hydroxylation sites is 1. The average molecular weight is 347 g/mol. The standard InChI is InChI=1S/C18H19F2N3O2/c1-12(24)23(18-15(19)5-4-6-16(18)20)11-17(25)21-13-7-9-14(10-8-13)22(2)3/h4-10H,11H2,1-3H3,(H,21,25). The smallest absolute Gasteiger partial charge is 0.244 e. The summed E-state index contributed by atoms with van der Waals surface area (Å²) >= 11 is 0. The van der Waals surface area contributed by atoms with Gasteiger partial charge >= 0.3 is 0 Å². The van der Waals surface area contributed by atoms with Gasteiger partial charge in [0, 0.05) is 32.4 Å². The number of carbonyl (C=O) groups excluding carboxylic acids is 2. The first-order valence-electron chi connectivity index (χ1n) is 7.59. The van der Waals surface area contributed by atoms with Crippen LogP contribution in [-0.2, 0) is 9.59 Å². The van der Waals surface area contributed by atoms with E-state index < -0.39 is 35.7 Å². The molecule has 2 aromatic carbocycles. The molecule has 0 saturated carbocycles. The average Bonchev–Trinajstić information content (AvgIpc) is 2.54. The van der Waals surface area contributed by atoms with Crippen molar-refractivity contribution < 1.29 is 18.4 Å². The molecular formula is C18H19F2N3O2. The van der Waals surface area contributed by atoms with Crippen molar-refractivity contribution in [2.75, 3.05) is 35.8 Å². The van der Waals surface area contributed by atoms with Crippen LogP contribution in [-0.4, -0.2) is 32.5 Å². The number of carbonyl (C=O) groups is 2. The first kappa shape index (κ1) is 18.4. The van der Waals surface area contributed by atoms with Crippen molar-refractivity contribution in [3.05, 3.63) is 54.1 Å². The Morgan fingerprint density at radius 1 is 1.00 bits per heavy atom. The topological polar surface area (TPSA) is 52.7 Å². The molecule has 5 nitrogen and oxygen atoms in total. The Labute approximate surface area is 144 Å². The molecule has 0 aliphatic carbocycles. The third-order valence-electron chi connectivity index (χ3n) is 3.56. The molecule has 2 rings (SSSR count). The molecule has 0 saturated heterocycles. The third kappa shape index (κ3) is 4.53. The molecule has 1 N–H and O–H groups in total. The Hall–Kier alpha value is -2.96. The van der Waals surface area contributed by atoms with E-state index in [1.807, 2.05) is 31.1 Å². The van der Waals surface area contributed by atoms with E-state index in [0.717, 1.165) is 29.6 Å². The lowest BCUT2D eigenvalue weighted by Gasteiger charge is -2.21. The normalized spacial score (nSPS) is 10.3. The number of nitrogens with zero attached hydrogens (tertiary/aromatic N) is 2. The van der Waals surface area contributed by atoms with Crippen molar-refractivity contribution in [3.63, 3.8) is 0 Å². The van der Waals surface area contributed by atoms with Crippen molar-refractivity contribution >= 4 is 28.9 Å². The van der Waals surface area contributed by atoms with E-state index in [0.29, 0.717) is 5.69 Å². The molecule has 0 radical (unpaired) electrons. The predicted molar refractivity (Wildman–Crippen MR) is 93.8 cm³/mol. The Kier molecular flexibility index (Phi) is 5.69. The zero-order valence-corrected chi connectivity index (χ0v) is 14.2. The molecule has 2 amide bonds. The van der Waals surface area contributed by atoms with Gasteiger partial charge in [-0.25, -0.2) is 8.78 Å². The monoisotopic (exact) mass is 347 g/mol. The van der Waals surface area contributed by atoms with E-state index in [-0.39, 0.29) is 0 Å². The van der Waals surface area contributed by atoms with Gasteiger partial charge in [-0.1, -0.05) is 6.07 Å². The number of anilines is 3. The van der Waals surface area contributed by atoms with Crippen molar-refractivity contribution in [1.82, 2.24) is 0 Å². The largest absolute Gasteiger partial charge is 0.378 e. The van der Waals surface area contributed by atoms with Crippen LogP contribution >= 0.6 is 0 Å². The van der Waals surface area contributed by atoms with Gasteiger partial charge in [-0.3, -0.25) is 14.5 Å². The van der Waals surface area contributed by atoms with E-state index in [9.17, 15) is 18.4 Å². The zero-order chi connectivity index (χ0) is 18.6. The SMILES string of the molecule is CC(=O)N(CC(=O)Nc1ccc(N(C)C)cc1)c1c(F)cccc1F. The molecule has 0 spiro atoms. The van der Waals surface area contributed by atoms with Crippen LogP contribution in [0.15, 0.2) is 42.5 Å². The molecule has 0 heterocycles. The zero-order valence-electron chi connectivity index (χ0n) is 14.2. The Morgan fingerprint density at radius 2 is 1.56 bits per heavy atom. The second-order valence-corrected chi connectivity index (χ2v) is 5.66. The fourth-order valence-electron chi connectivity index (χ4n) is 2.28. The number of halogens is 2. The first-order valence-corrected chi connectivity index (χ1v) is 7.59. The number of rotatable bonds is 5. The Balaban J connectivity index is 2.14.